The van der Waals surface area contributed by atoms with Gasteiger partial charge < -0.3 is 19.3 Å². The van der Waals surface area contributed by atoms with E-state index in [1.165, 1.54) is 7.11 Å². The van der Waals surface area contributed by atoms with Crippen LogP contribution in [-0.4, -0.2) is 44.6 Å². The van der Waals surface area contributed by atoms with Gasteiger partial charge in [-0.1, -0.05) is 30.9 Å². The zero-order chi connectivity index (χ0) is 15.8. The molecule has 0 fully saturated rings. The molecule has 0 unspecified atom stereocenters. The molecule has 0 aliphatic rings. The molecule has 0 aliphatic heterocycles. The number of esters is 1. The highest BCUT2D eigenvalue weighted by molar-refractivity contribution is 5.88. The molecule has 0 amide bonds. The molecule has 0 spiro atoms. The van der Waals surface area contributed by atoms with Crippen molar-refractivity contribution in [3.05, 3.63) is 48.8 Å². The summed E-state index contributed by atoms with van der Waals surface area (Å²) in [5, 5.41) is 8.51. The number of carbonyl (C=O) groups is 1. The zero-order valence-electron chi connectivity index (χ0n) is 12.5. The second-order valence-electron chi connectivity index (χ2n) is 3.94. The first kappa shape index (κ1) is 19.1. The van der Waals surface area contributed by atoms with Crippen molar-refractivity contribution in [3.8, 4) is 0 Å². The summed E-state index contributed by atoms with van der Waals surface area (Å²) in [6, 6.07) is 0. The molecule has 0 aliphatic carbocycles. The highest BCUT2D eigenvalue weighted by Gasteiger charge is 2.05. The van der Waals surface area contributed by atoms with E-state index in [4.69, 9.17) is 19.3 Å². The number of carbonyl (C=O) groups excluding carboxylic acids is 1. The molecule has 0 saturated carbocycles. The molecule has 0 bridgehead atoms. The fourth-order valence-electron chi connectivity index (χ4n) is 1.32. The molecule has 0 rings (SSSR count). The van der Waals surface area contributed by atoms with Gasteiger partial charge in [0.25, 0.3) is 0 Å². The van der Waals surface area contributed by atoms with E-state index in [-0.39, 0.29) is 12.6 Å². The van der Waals surface area contributed by atoms with Crippen LogP contribution in [0.5, 0.6) is 0 Å². The molecule has 1 N–H and O–H groups in total. The van der Waals surface area contributed by atoms with Crippen molar-refractivity contribution < 1.29 is 24.1 Å². The molecule has 0 radical (unpaired) electrons. The summed E-state index contributed by atoms with van der Waals surface area (Å²) in [7, 11) is 1.35. The van der Waals surface area contributed by atoms with Crippen LogP contribution in [0.3, 0.4) is 0 Å². The molecule has 5 heteroatoms. The maximum atomic E-state index is 11.5. The SMILES string of the molecule is C=C/C=C\C=C(/C/C=C/OCCCOCCO)C(=O)OC. The van der Waals surface area contributed by atoms with Crippen molar-refractivity contribution in [2.24, 2.45) is 0 Å². The first-order valence-corrected chi connectivity index (χ1v) is 6.78. The Hall–Kier alpha value is -1.85. The Morgan fingerprint density at radius 1 is 1.24 bits per heavy atom. The van der Waals surface area contributed by atoms with Gasteiger partial charge in [-0.3, -0.25) is 0 Å². The van der Waals surface area contributed by atoms with Crippen molar-refractivity contribution in [3.63, 3.8) is 0 Å². The molecular formula is C16H24O5. The number of rotatable bonds is 12. The largest absolute Gasteiger partial charge is 0.501 e. The Morgan fingerprint density at radius 3 is 2.71 bits per heavy atom. The number of hydrogen-bond donors (Lipinski definition) is 1. The van der Waals surface area contributed by atoms with Crippen molar-refractivity contribution in [1.29, 1.82) is 0 Å². The summed E-state index contributed by atoms with van der Waals surface area (Å²) in [5.74, 6) is -0.370. The van der Waals surface area contributed by atoms with Gasteiger partial charge in [0.15, 0.2) is 0 Å². The molecule has 0 aromatic heterocycles. The van der Waals surface area contributed by atoms with Gasteiger partial charge in [0.05, 0.1) is 33.2 Å². The Labute approximate surface area is 126 Å². The van der Waals surface area contributed by atoms with Crippen molar-refractivity contribution >= 4 is 5.97 Å². The Bertz CT molecular complexity index is 369. The van der Waals surface area contributed by atoms with Crippen molar-refractivity contribution in [2.75, 3.05) is 33.5 Å². The van der Waals surface area contributed by atoms with Gasteiger partial charge in [0, 0.05) is 25.0 Å². The lowest BCUT2D eigenvalue weighted by atomic mass is 10.1. The van der Waals surface area contributed by atoms with Crippen LogP contribution in [0.4, 0.5) is 0 Å². The normalized spacial score (nSPS) is 12.0. The summed E-state index contributed by atoms with van der Waals surface area (Å²) in [6.07, 6.45) is 11.2. The van der Waals surface area contributed by atoms with Gasteiger partial charge in [-0.15, -0.1) is 0 Å². The first-order chi connectivity index (χ1) is 10.3. The molecular weight excluding hydrogens is 272 g/mol. The summed E-state index contributed by atoms with van der Waals surface area (Å²) >= 11 is 0. The summed E-state index contributed by atoms with van der Waals surface area (Å²) in [5.41, 5.74) is 0.529. The minimum atomic E-state index is -0.370. The van der Waals surface area contributed by atoms with Crippen molar-refractivity contribution in [2.45, 2.75) is 12.8 Å². The maximum Gasteiger partial charge on any atom is 0.334 e. The fourth-order valence-corrected chi connectivity index (χ4v) is 1.32. The van der Waals surface area contributed by atoms with Crippen LogP contribution >= 0.6 is 0 Å². The molecule has 0 atom stereocenters. The van der Waals surface area contributed by atoms with E-state index < -0.39 is 0 Å². The second-order valence-corrected chi connectivity index (χ2v) is 3.94. The summed E-state index contributed by atoms with van der Waals surface area (Å²) in [6.45, 7) is 5.01. The van der Waals surface area contributed by atoms with E-state index in [1.807, 2.05) is 0 Å². The summed E-state index contributed by atoms with van der Waals surface area (Å²) < 4.78 is 15.1. The monoisotopic (exact) mass is 296 g/mol. The molecule has 0 aromatic carbocycles. The molecule has 118 valence electrons. The molecule has 21 heavy (non-hydrogen) atoms. The van der Waals surface area contributed by atoms with Gasteiger partial charge in [-0.25, -0.2) is 4.79 Å². The number of allylic oxidation sites excluding steroid dienone is 5. The van der Waals surface area contributed by atoms with E-state index in [9.17, 15) is 4.79 Å². The van der Waals surface area contributed by atoms with Crippen LogP contribution in [0, 0.1) is 0 Å². The van der Waals surface area contributed by atoms with Crippen molar-refractivity contribution in [1.82, 2.24) is 0 Å². The van der Waals surface area contributed by atoms with Crippen LogP contribution in [0.2, 0.25) is 0 Å². The lowest BCUT2D eigenvalue weighted by Crippen LogP contribution is -2.04. The number of aliphatic hydroxyl groups excluding tert-OH is 1. The fraction of sp³-hybridized carbons (Fsp3) is 0.438. The highest BCUT2D eigenvalue weighted by Crippen LogP contribution is 2.06. The van der Waals surface area contributed by atoms with E-state index in [2.05, 4.69) is 6.58 Å². The number of ether oxygens (including phenoxy) is 3. The average molecular weight is 296 g/mol. The maximum absolute atomic E-state index is 11.5. The smallest absolute Gasteiger partial charge is 0.334 e. The third kappa shape index (κ3) is 11.7. The molecule has 0 heterocycles. The highest BCUT2D eigenvalue weighted by atomic mass is 16.5. The standard InChI is InChI=1S/C16H24O5/c1-3-4-5-8-15(16(18)19-2)9-6-11-20-12-7-13-21-14-10-17/h3-6,8,11,17H,1,7,9-10,12-14H2,2H3/b5-4-,11-6+,15-8+. The topological polar surface area (TPSA) is 65.0 Å². The van der Waals surface area contributed by atoms with E-state index in [0.29, 0.717) is 31.8 Å². The van der Waals surface area contributed by atoms with E-state index >= 15 is 0 Å². The first-order valence-electron chi connectivity index (χ1n) is 6.78. The van der Waals surface area contributed by atoms with Gasteiger partial charge in [-0.05, 0) is 6.08 Å². The lowest BCUT2D eigenvalue weighted by molar-refractivity contribution is -0.136. The van der Waals surface area contributed by atoms with E-state index in [0.717, 1.165) is 6.42 Å². The predicted octanol–water partition coefficient (Wildman–Crippen LogP) is 2.15. The minimum Gasteiger partial charge on any atom is -0.501 e. The zero-order valence-corrected chi connectivity index (χ0v) is 12.5. The predicted molar refractivity (Wildman–Crippen MR) is 81.7 cm³/mol. The minimum absolute atomic E-state index is 0.0314. The Morgan fingerprint density at radius 2 is 2.05 bits per heavy atom. The number of hydrogen-bond acceptors (Lipinski definition) is 5. The van der Waals surface area contributed by atoms with Gasteiger partial charge in [-0.2, -0.15) is 0 Å². The van der Waals surface area contributed by atoms with Crippen LogP contribution < -0.4 is 0 Å². The second kappa shape index (κ2) is 14.6. The number of aliphatic hydroxyl groups is 1. The van der Waals surface area contributed by atoms with Gasteiger partial charge >= 0.3 is 5.97 Å². The Kier molecular flexibility index (Phi) is 13.3. The number of methoxy groups -OCH3 is 1. The molecule has 5 nitrogen and oxygen atoms in total. The quantitative estimate of drug-likeness (QED) is 0.196. The average Bonchev–Trinajstić information content (AvgIpc) is 2.51. The lowest BCUT2D eigenvalue weighted by Gasteiger charge is -2.03. The van der Waals surface area contributed by atoms with Gasteiger partial charge in [0.1, 0.15) is 0 Å². The third-order valence-corrected chi connectivity index (χ3v) is 2.31. The molecule has 0 saturated heterocycles. The van der Waals surface area contributed by atoms with Gasteiger partial charge in [0.2, 0.25) is 0 Å². The summed E-state index contributed by atoms with van der Waals surface area (Å²) in [4.78, 5) is 11.5. The van der Waals surface area contributed by atoms with Crippen LogP contribution in [0.15, 0.2) is 48.8 Å². The van der Waals surface area contributed by atoms with Crippen LogP contribution in [0.1, 0.15) is 12.8 Å². The van der Waals surface area contributed by atoms with Crippen LogP contribution in [-0.2, 0) is 19.0 Å². The Balaban J connectivity index is 3.98. The molecule has 0 aromatic rings. The third-order valence-electron chi connectivity index (χ3n) is 2.31. The van der Waals surface area contributed by atoms with E-state index in [1.54, 1.807) is 36.6 Å². The van der Waals surface area contributed by atoms with Crippen LogP contribution in [0.25, 0.3) is 0 Å².